The molecule has 1 aliphatic carbocycles. The van der Waals surface area contributed by atoms with Gasteiger partial charge < -0.3 is 10.5 Å². The maximum absolute atomic E-state index is 6.05. The van der Waals surface area contributed by atoms with Crippen molar-refractivity contribution in [1.29, 1.82) is 0 Å². The maximum Gasteiger partial charge on any atom is 0.0484 e. The molecule has 15 heavy (non-hydrogen) atoms. The zero-order chi connectivity index (χ0) is 10.3. The number of hydrogen-bond acceptors (Lipinski definition) is 3. The van der Waals surface area contributed by atoms with Gasteiger partial charge in [0.2, 0.25) is 0 Å². The summed E-state index contributed by atoms with van der Waals surface area (Å²) in [7, 11) is 0. The first kappa shape index (κ1) is 10.1. The number of hydrogen-bond donors (Lipinski definition) is 1. The normalized spacial score (nSPS) is 39.8. The van der Waals surface area contributed by atoms with E-state index in [2.05, 4.69) is 4.90 Å². The molecular weight excluding hydrogens is 188 g/mol. The van der Waals surface area contributed by atoms with Crippen LogP contribution in [0.5, 0.6) is 0 Å². The van der Waals surface area contributed by atoms with Gasteiger partial charge in [0.15, 0.2) is 0 Å². The Morgan fingerprint density at radius 2 is 2.07 bits per heavy atom. The zero-order valence-corrected chi connectivity index (χ0v) is 9.45. The van der Waals surface area contributed by atoms with Crippen molar-refractivity contribution >= 4 is 0 Å². The Bertz CT molecular complexity index is 238. The molecule has 3 aliphatic rings. The maximum atomic E-state index is 6.05. The number of nitrogens with two attached hydrogens (primary N) is 1. The molecule has 0 aromatic carbocycles. The molecule has 0 radical (unpaired) electrons. The number of ether oxygens (including phenoxy) is 1. The van der Waals surface area contributed by atoms with Crippen LogP contribution in [0.4, 0.5) is 0 Å². The molecular formula is C12H22N2O. The zero-order valence-electron chi connectivity index (χ0n) is 9.45. The van der Waals surface area contributed by atoms with Crippen LogP contribution in [0.3, 0.4) is 0 Å². The Balaban J connectivity index is 1.77. The van der Waals surface area contributed by atoms with Crippen LogP contribution in [0, 0.1) is 5.92 Å². The van der Waals surface area contributed by atoms with Crippen LogP contribution in [0.15, 0.2) is 0 Å². The highest BCUT2D eigenvalue weighted by atomic mass is 16.5. The largest absolute Gasteiger partial charge is 0.381 e. The molecule has 3 rings (SSSR count). The van der Waals surface area contributed by atoms with Crippen LogP contribution in [0.1, 0.15) is 32.1 Å². The molecule has 0 amide bonds. The van der Waals surface area contributed by atoms with Gasteiger partial charge in [0.1, 0.15) is 0 Å². The predicted molar refractivity (Wildman–Crippen MR) is 59.7 cm³/mol. The minimum Gasteiger partial charge on any atom is -0.381 e. The lowest BCUT2D eigenvalue weighted by Crippen LogP contribution is -2.59. The highest BCUT2D eigenvalue weighted by Crippen LogP contribution is 2.43. The molecule has 3 fully saturated rings. The molecule has 1 saturated carbocycles. The summed E-state index contributed by atoms with van der Waals surface area (Å²) >= 11 is 0. The summed E-state index contributed by atoms with van der Waals surface area (Å²) in [5.41, 5.74) is 6.34. The third-order valence-electron chi connectivity index (χ3n) is 4.82. The Morgan fingerprint density at radius 1 is 1.27 bits per heavy atom. The number of nitrogens with zero attached hydrogens (tertiary/aromatic N) is 1. The Hall–Kier alpha value is -0.120. The molecule has 0 aromatic rings. The van der Waals surface area contributed by atoms with Crippen LogP contribution >= 0.6 is 0 Å². The Kier molecular flexibility index (Phi) is 2.49. The van der Waals surface area contributed by atoms with Crippen molar-refractivity contribution in [3.05, 3.63) is 0 Å². The lowest BCUT2D eigenvalue weighted by molar-refractivity contribution is -0.0372. The van der Waals surface area contributed by atoms with Crippen LogP contribution in [-0.4, -0.2) is 42.8 Å². The van der Waals surface area contributed by atoms with Crippen molar-refractivity contribution in [2.24, 2.45) is 11.7 Å². The van der Waals surface area contributed by atoms with E-state index in [-0.39, 0.29) is 5.54 Å². The first-order valence-electron chi connectivity index (χ1n) is 6.39. The first-order valence-corrected chi connectivity index (χ1v) is 6.39. The smallest absolute Gasteiger partial charge is 0.0484 e. The molecule has 2 heterocycles. The summed E-state index contributed by atoms with van der Waals surface area (Å²) in [6.45, 7) is 3.94. The van der Waals surface area contributed by atoms with Crippen LogP contribution in [0.25, 0.3) is 0 Å². The second kappa shape index (κ2) is 3.72. The van der Waals surface area contributed by atoms with Crippen molar-refractivity contribution in [1.82, 2.24) is 4.90 Å². The van der Waals surface area contributed by atoms with Crippen molar-refractivity contribution < 1.29 is 4.74 Å². The minimum atomic E-state index is 0.290. The molecule has 2 saturated heterocycles. The quantitative estimate of drug-likeness (QED) is 0.738. The Morgan fingerprint density at radius 3 is 2.60 bits per heavy atom. The van der Waals surface area contributed by atoms with E-state index in [9.17, 15) is 0 Å². The van der Waals surface area contributed by atoms with Crippen molar-refractivity contribution in [2.45, 2.75) is 43.7 Å². The molecule has 0 aromatic heterocycles. The molecule has 0 spiro atoms. The van der Waals surface area contributed by atoms with Gasteiger partial charge in [-0.25, -0.2) is 0 Å². The van der Waals surface area contributed by atoms with Crippen molar-refractivity contribution in [3.63, 3.8) is 0 Å². The van der Waals surface area contributed by atoms with Gasteiger partial charge in [-0.15, -0.1) is 0 Å². The molecule has 3 heteroatoms. The van der Waals surface area contributed by atoms with Gasteiger partial charge in [0.05, 0.1) is 0 Å². The SMILES string of the molecule is NCC1(N2CC3CCC2C3)CCOCC1. The van der Waals surface area contributed by atoms with Crippen LogP contribution < -0.4 is 5.73 Å². The van der Waals surface area contributed by atoms with E-state index in [1.807, 2.05) is 0 Å². The summed E-state index contributed by atoms with van der Waals surface area (Å²) in [6.07, 6.45) is 6.59. The first-order chi connectivity index (χ1) is 7.34. The van der Waals surface area contributed by atoms with Crippen molar-refractivity contribution in [2.75, 3.05) is 26.3 Å². The van der Waals surface area contributed by atoms with E-state index in [0.29, 0.717) is 0 Å². The number of piperidine rings is 1. The van der Waals surface area contributed by atoms with E-state index in [4.69, 9.17) is 10.5 Å². The van der Waals surface area contributed by atoms with Gasteiger partial charge in [-0.3, -0.25) is 4.90 Å². The topological polar surface area (TPSA) is 38.5 Å². The van der Waals surface area contributed by atoms with Crippen molar-refractivity contribution in [3.8, 4) is 0 Å². The summed E-state index contributed by atoms with van der Waals surface area (Å²) in [5.74, 6) is 0.973. The molecule has 2 aliphatic heterocycles. The second-order valence-electron chi connectivity index (χ2n) is 5.53. The number of rotatable bonds is 2. The molecule has 2 atom stereocenters. The van der Waals surface area contributed by atoms with Gasteiger partial charge in [-0.05, 0) is 38.0 Å². The summed E-state index contributed by atoms with van der Waals surface area (Å²) in [6, 6.07) is 0.844. The number of likely N-dealkylation sites (tertiary alicyclic amines) is 1. The summed E-state index contributed by atoms with van der Waals surface area (Å²) in [4.78, 5) is 2.74. The van der Waals surface area contributed by atoms with E-state index >= 15 is 0 Å². The lowest BCUT2D eigenvalue weighted by Gasteiger charge is -2.47. The lowest BCUT2D eigenvalue weighted by atomic mass is 9.86. The van der Waals surface area contributed by atoms with E-state index in [1.54, 1.807) is 0 Å². The monoisotopic (exact) mass is 210 g/mol. The fourth-order valence-corrected chi connectivity index (χ4v) is 3.87. The van der Waals surface area contributed by atoms with Gasteiger partial charge >= 0.3 is 0 Å². The second-order valence-corrected chi connectivity index (χ2v) is 5.53. The summed E-state index contributed by atoms with van der Waals surface area (Å²) < 4.78 is 5.48. The molecule has 86 valence electrons. The highest BCUT2D eigenvalue weighted by molar-refractivity contribution is 5.03. The Labute approximate surface area is 91.9 Å². The third kappa shape index (κ3) is 1.52. The third-order valence-corrected chi connectivity index (χ3v) is 4.82. The van der Waals surface area contributed by atoms with Gasteiger partial charge in [0, 0.05) is 37.9 Å². The summed E-state index contributed by atoms with van der Waals surface area (Å²) in [5, 5.41) is 0. The van der Waals surface area contributed by atoms with Crippen LogP contribution in [0.2, 0.25) is 0 Å². The van der Waals surface area contributed by atoms with E-state index in [1.165, 1.54) is 25.8 Å². The molecule has 2 N–H and O–H groups in total. The standard InChI is InChI=1S/C12H22N2O/c13-9-12(3-5-15-6-4-12)14-8-10-1-2-11(14)7-10/h10-11H,1-9,13H2. The molecule has 2 unspecified atom stereocenters. The number of fused-ring (bicyclic) bond motifs is 2. The highest BCUT2D eigenvalue weighted by Gasteiger charge is 2.48. The average molecular weight is 210 g/mol. The fourth-order valence-electron chi connectivity index (χ4n) is 3.87. The van der Waals surface area contributed by atoms with E-state index in [0.717, 1.165) is 44.6 Å². The average Bonchev–Trinajstić information content (AvgIpc) is 2.92. The molecule has 2 bridgehead atoms. The van der Waals surface area contributed by atoms with Gasteiger partial charge in [-0.1, -0.05) is 0 Å². The van der Waals surface area contributed by atoms with Crippen LogP contribution in [-0.2, 0) is 4.74 Å². The predicted octanol–water partition coefficient (Wildman–Crippen LogP) is 0.979. The van der Waals surface area contributed by atoms with Gasteiger partial charge in [0.25, 0.3) is 0 Å². The fraction of sp³-hybridized carbons (Fsp3) is 1.00. The van der Waals surface area contributed by atoms with E-state index < -0.39 is 0 Å². The van der Waals surface area contributed by atoms with Gasteiger partial charge in [-0.2, -0.15) is 0 Å². The minimum absolute atomic E-state index is 0.290. The molecule has 3 nitrogen and oxygen atoms in total.